The number of para-hydroxylation sites is 1. The minimum Gasteiger partial charge on any atom is -0.361 e. The number of fused-ring (bicyclic) bond motifs is 1. The molecule has 0 unspecified atom stereocenters. The molecule has 28 heavy (non-hydrogen) atoms. The first-order chi connectivity index (χ1) is 13.2. The number of nitrogens with one attached hydrogen (secondary N) is 3. The van der Waals surface area contributed by atoms with Crippen LogP contribution in [0, 0.1) is 0 Å². The lowest BCUT2D eigenvalue weighted by atomic mass is 10.1. The minimum absolute atomic E-state index is 0. The van der Waals surface area contributed by atoms with Crippen LogP contribution in [0.3, 0.4) is 0 Å². The van der Waals surface area contributed by atoms with Crippen molar-refractivity contribution in [2.24, 2.45) is 4.99 Å². The van der Waals surface area contributed by atoms with E-state index in [-0.39, 0.29) is 24.0 Å². The second-order valence-corrected chi connectivity index (χ2v) is 6.81. The predicted octanol–water partition coefficient (Wildman–Crippen LogP) is 4.35. The first-order valence-corrected chi connectivity index (χ1v) is 9.72. The van der Waals surface area contributed by atoms with Gasteiger partial charge in [-0.05, 0) is 42.0 Å². The highest BCUT2D eigenvalue weighted by Crippen LogP contribution is 2.22. The summed E-state index contributed by atoms with van der Waals surface area (Å²) in [5.41, 5.74) is 5.10. The van der Waals surface area contributed by atoms with Crippen molar-refractivity contribution in [2.45, 2.75) is 26.2 Å². The van der Waals surface area contributed by atoms with Gasteiger partial charge in [0.05, 0.1) is 0 Å². The number of aryl methyl sites for hydroxylation is 1. The Labute approximate surface area is 188 Å². The molecule has 3 aromatic rings. The summed E-state index contributed by atoms with van der Waals surface area (Å²) in [4.78, 5) is 11.8. The molecular formula is C21H27ClIN5. The Balaban J connectivity index is 0.00000280. The molecule has 5 nitrogen and oxygen atoms in total. The summed E-state index contributed by atoms with van der Waals surface area (Å²) in [6.07, 6.45) is 6.77. The van der Waals surface area contributed by atoms with E-state index in [1.54, 1.807) is 7.05 Å². The Morgan fingerprint density at radius 3 is 2.57 bits per heavy atom. The van der Waals surface area contributed by atoms with Gasteiger partial charge in [0.15, 0.2) is 5.96 Å². The number of hydrogen-bond donors (Lipinski definition) is 3. The Morgan fingerprint density at radius 2 is 1.89 bits per heavy atom. The number of aliphatic imine (C=N–C) groups is 1. The Morgan fingerprint density at radius 1 is 1.11 bits per heavy atom. The van der Waals surface area contributed by atoms with Gasteiger partial charge in [-0.3, -0.25) is 4.99 Å². The molecule has 1 aromatic carbocycles. The molecule has 0 bridgehead atoms. The summed E-state index contributed by atoms with van der Waals surface area (Å²) in [6.45, 7) is 3.80. The molecule has 2 heterocycles. The molecule has 0 saturated heterocycles. The molecule has 0 atom stereocenters. The molecule has 7 heteroatoms. The van der Waals surface area contributed by atoms with Gasteiger partial charge in [-0.15, -0.1) is 24.0 Å². The summed E-state index contributed by atoms with van der Waals surface area (Å²) in [5, 5.41) is 8.56. The summed E-state index contributed by atoms with van der Waals surface area (Å²) >= 11 is 5.81. The monoisotopic (exact) mass is 511 g/mol. The molecule has 3 rings (SSSR count). The average molecular weight is 512 g/mol. The number of nitrogens with zero attached hydrogens (tertiary/aromatic N) is 2. The number of H-pyrrole nitrogens is 1. The molecule has 0 amide bonds. The Kier molecular flexibility index (Phi) is 9.05. The number of aromatic nitrogens is 2. The van der Waals surface area contributed by atoms with Crippen molar-refractivity contribution in [1.29, 1.82) is 0 Å². The van der Waals surface area contributed by atoms with E-state index >= 15 is 0 Å². The Bertz CT molecular complexity index is 905. The highest BCUT2D eigenvalue weighted by Gasteiger charge is 2.06. The van der Waals surface area contributed by atoms with E-state index in [1.807, 2.05) is 18.3 Å². The third-order valence-electron chi connectivity index (χ3n) is 4.67. The smallest absolute Gasteiger partial charge is 0.190 e. The largest absolute Gasteiger partial charge is 0.361 e. The van der Waals surface area contributed by atoms with E-state index in [9.17, 15) is 0 Å². The lowest BCUT2D eigenvalue weighted by Gasteiger charge is -2.11. The molecule has 0 fully saturated rings. The lowest BCUT2D eigenvalue weighted by molar-refractivity contribution is 0.784. The zero-order valence-corrected chi connectivity index (χ0v) is 19.3. The number of rotatable bonds is 7. The third kappa shape index (κ3) is 5.85. The SMILES string of the molecule is CCc1cccc2c(CCNC(=NC)NCCc3ccc(Cl)nc3)c[nH]c12.I. The fraction of sp³-hybridized carbons (Fsp3) is 0.333. The van der Waals surface area contributed by atoms with Crippen molar-refractivity contribution in [3.8, 4) is 0 Å². The van der Waals surface area contributed by atoms with Gasteiger partial charge in [0, 0.05) is 43.4 Å². The summed E-state index contributed by atoms with van der Waals surface area (Å²) in [7, 11) is 1.79. The number of aromatic amines is 1. The number of hydrogen-bond acceptors (Lipinski definition) is 2. The second-order valence-electron chi connectivity index (χ2n) is 6.42. The molecule has 0 aliphatic heterocycles. The lowest BCUT2D eigenvalue weighted by Crippen LogP contribution is -2.39. The van der Waals surface area contributed by atoms with Gasteiger partial charge in [0.2, 0.25) is 0 Å². The molecule has 2 aromatic heterocycles. The van der Waals surface area contributed by atoms with Crippen molar-refractivity contribution in [3.63, 3.8) is 0 Å². The van der Waals surface area contributed by atoms with Crippen LogP contribution in [0.2, 0.25) is 5.15 Å². The van der Waals surface area contributed by atoms with Gasteiger partial charge in [-0.25, -0.2) is 4.98 Å². The molecule has 0 radical (unpaired) electrons. The van der Waals surface area contributed by atoms with Gasteiger partial charge in [0.25, 0.3) is 0 Å². The first kappa shape index (κ1) is 22.5. The summed E-state index contributed by atoms with van der Waals surface area (Å²) in [5.74, 6) is 0.811. The van der Waals surface area contributed by atoms with Gasteiger partial charge in [0.1, 0.15) is 5.15 Å². The van der Waals surface area contributed by atoms with Gasteiger partial charge in [-0.2, -0.15) is 0 Å². The molecule has 150 valence electrons. The number of pyridine rings is 1. The van der Waals surface area contributed by atoms with Crippen LogP contribution in [-0.4, -0.2) is 36.1 Å². The van der Waals surface area contributed by atoms with Crippen LogP contribution in [0.1, 0.15) is 23.6 Å². The highest BCUT2D eigenvalue weighted by atomic mass is 127. The van der Waals surface area contributed by atoms with Gasteiger partial charge >= 0.3 is 0 Å². The molecular weight excluding hydrogens is 485 g/mol. The maximum atomic E-state index is 5.81. The molecule has 3 N–H and O–H groups in total. The maximum absolute atomic E-state index is 5.81. The van der Waals surface area contributed by atoms with Crippen LogP contribution in [0.15, 0.2) is 47.7 Å². The maximum Gasteiger partial charge on any atom is 0.190 e. The van der Waals surface area contributed by atoms with E-state index in [1.165, 1.54) is 22.0 Å². The quantitative estimate of drug-likeness (QED) is 0.191. The summed E-state index contributed by atoms with van der Waals surface area (Å²) < 4.78 is 0. The minimum atomic E-state index is 0. The van der Waals surface area contributed by atoms with Crippen molar-refractivity contribution in [3.05, 3.63) is 64.6 Å². The first-order valence-electron chi connectivity index (χ1n) is 9.34. The third-order valence-corrected chi connectivity index (χ3v) is 4.90. The number of benzene rings is 1. The van der Waals surface area contributed by atoms with E-state index in [0.717, 1.165) is 43.9 Å². The number of guanidine groups is 1. The van der Waals surface area contributed by atoms with Crippen LogP contribution >= 0.6 is 35.6 Å². The predicted molar refractivity (Wildman–Crippen MR) is 129 cm³/mol. The number of halogens is 2. The van der Waals surface area contributed by atoms with Crippen molar-refractivity contribution >= 4 is 52.4 Å². The highest BCUT2D eigenvalue weighted by molar-refractivity contribution is 14.0. The average Bonchev–Trinajstić information content (AvgIpc) is 3.11. The van der Waals surface area contributed by atoms with Gasteiger partial charge in [-0.1, -0.05) is 42.8 Å². The van der Waals surface area contributed by atoms with Crippen LogP contribution in [0.25, 0.3) is 10.9 Å². The van der Waals surface area contributed by atoms with Crippen LogP contribution in [0.4, 0.5) is 0 Å². The normalized spacial score (nSPS) is 11.3. The van der Waals surface area contributed by atoms with E-state index in [0.29, 0.717) is 5.15 Å². The topological polar surface area (TPSA) is 65.1 Å². The molecule has 0 aliphatic rings. The van der Waals surface area contributed by atoms with E-state index < -0.39 is 0 Å². The fourth-order valence-corrected chi connectivity index (χ4v) is 3.30. The molecule has 0 aliphatic carbocycles. The summed E-state index contributed by atoms with van der Waals surface area (Å²) in [6, 6.07) is 10.3. The second kappa shape index (κ2) is 11.3. The van der Waals surface area contributed by atoms with E-state index in [4.69, 9.17) is 11.6 Å². The van der Waals surface area contributed by atoms with Crippen molar-refractivity contribution in [1.82, 2.24) is 20.6 Å². The Hall–Kier alpha value is -1.80. The standard InChI is InChI=1S/C21H26ClN5.HI/c1-3-16-5-4-6-18-17(14-27-20(16)18)10-12-25-21(23-2)24-11-9-15-7-8-19(22)26-13-15;/h4-8,13-14,27H,3,9-12H2,1-2H3,(H2,23,24,25);1H. The van der Waals surface area contributed by atoms with Gasteiger partial charge < -0.3 is 15.6 Å². The zero-order chi connectivity index (χ0) is 19.1. The van der Waals surface area contributed by atoms with Crippen LogP contribution in [-0.2, 0) is 19.3 Å². The van der Waals surface area contributed by atoms with Crippen molar-refractivity contribution in [2.75, 3.05) is 20.1 Å². The fourth-order valence-electron chi connectivity index (χ4n) is 3.19. The molecule has 0 spiro atoms. The zero-order valence-electron chi connectivity index (χ0n) is 16.3. The van der Waals surface area contributed by atoms with Crippen molar-refractivity contribution < 1.29 is 0 Å². The van der Waals surface area contributed by atoms with E-state index in [2.05, 4.69) is 56.9 Å². The van der Waals surface area contributed by atoms with Crippen LogP contribution < -0.4 is 10.6 Å². The van der Waals surface area contributed by atoms with Crippen LogP contribution in [0.5, 0.6) is 0 Å². The molecule has 0 saturated carbocycles.